The minimum absolute atomic E-state index is 0.384. The van der Waals surface area contributed by atoms with Gasteiger partial charge in [0, 0.05) is 19.3 Å². The van der Waals surface area contributed by atoms with E-state index in [0.717, 1.165) is 0 Å². The fraction of sp³-hybridized carbons (Fsp3) is 0.500. The summed E-state index contributed by atoms with van der Waals surface area (Å²) in [4.78, 5) is 4.14. The summed E-state index contributed by atoms with van der Waals surface area (Å²) in [5.41, 5.74) is -0.275. The van der Waals surface area contributed by atoms with E-state index in [2.05, 4.69) is 11.1 Å². The SMILES string of the molecule is N#Cc1cccnc1C1(O)CCCN(O)CC1. The molecule has 1 atom stereocenters. The highest BCUT2D eigenvalue weighted by atomic mass is 16.5. The molecule has 0 bridgehead atoms. The van der Waals surface area contributed by atoms with E-state index < -0.39 is 5.60 Å². The third kappa shape index (κ3) is 2.44. The fourth-order valence-corrected chi connectivity index (χ4v) is 2.21. The highest BCUT2D eigenvalue weighted by molar-refractivity contribution is 5.36. The number of nitriles is 1. The van der Waals surface area contributed by atoms with Gasteiger partial charge in [-0.2, -0.15) is 10.3 Å². The average molecular weight is 233 g/mol. The second kappa shape index (κ2) is 4.80. The second-order valence-corrected chi connectivity index (χ2v) is 4.35. The standard InChI is InChI=1S/C12H15N3O2/c13-9-10-3-1-6-14-11(10)12(16)4-2-7-15(17)8-5-12/h1,3,6,16-17H,2,4-5,7-8H2. The maximum absolute atomic E-state index is 10.6. The topological polar surface area (TPSA) is 80.4 Å². The molecule has 0 aromatic carbocycles. The Labute approximate surface area is 99.9 Å². The van der Waals surface area contributed by atoms with Crippen molar-refractivity contribution in [3.63, 3.8) is 0 Å². The average Bonchev–Trinajstić information content (AvgIpc) is 2.52. The molecule has 1 saturated heterocycles. The smallest absolute Gasteiger partial charge is 0.109 e. The molecule has 0 amide bonds. The largest absolute Gasteiger partial charge is 0.383 e. The zero-order valence-corrected chi connectivity index (χ0v) is 9.50. The van der Waals surface area contributed by atoms with Crippen molar-refractivity contribution in [1.29, 1.82) is 5.26 Å². The molecular weight excluding hydrogens is 218 g/mol. The summed E-state index contributed by atoms with van der Waals surface area (Å²) < 4.78 is 0. The summed E-state index contributed by atoms with van der Waals surface area (Å²) in [5, 5.41) is 30.3. The van der Waals surface area contributed by atoms with Crippen LogP contribution in [0.5, 0.6) is 0 Å². The van der Waals surface area contributed by atoms with Crippen molar-refractivity contribution in [3.05, 3.63) is 29.6 Å². The van der Waals surface area contributed by atoms with Gasteiger partial charge in [0.2, 0.25) is 0 Å². The molecule has 0 aliphatic carbocycles. The van der Waals surface area contributed by atoms with Crippen molar-refractivity contribution in [2.45, 2.75) is 24.9 Å². The van der Waals surface area contributed by atoms with E-state index in [-0.39, 0.29) is 0 Å². The Bertz CT molecular complexity index is 444. The quantitative estimate of drug-likeness (QED) is 0.756. The molecule has 2 heterocycles. The molecule has 5 heteroatoms. The number of nitrogens with zero attached hydrogens (tertiary/aromatic N) is 3. The Morgan fingerprint density at radius 2 is 2.24 bits per heavy atom. The molecule has 2 rings (SSSR count). The summed E-state index contributed by atoms with van der Waals surface area (Å²) >= 11 is 0. The maximum Gasteiger partial charge on any atom is 0.109 e. The van der Waals surface area contributed by atoms with Crippen LogP contribution in [0.3, 0.4) is 0 Å². The van der Waals surface area contributed by atoms with Crippen molar-refractivity contribution in [2.24, 2.45) is 0 Å². The summed E-state index contributed by atoms with van der Waals surface area (Å²) in [7, 11) is 0. The summed E-state index contributed by atoms with van der Waals surface area (Å²) in [6.07, 6.45) is 3.15. The van der Waals surface area contributed by atoms with Crippen LogP contribution in [0, 0.1) is 11.3 Å². The van der Waals surface area contributed by atoms with Crippen molar-refractivity contribution in [1.82, 2.24) is 10.0 Å². The van der Waals surface area contributed by atoms with Gasteiger partial charge in [-0.25, -0.2) is 0 Å². The van der Waals surface area contributed by atoms with Gasteiger partial charge in [0.25, 0.3) is 0 Å². The normalized spacial score (nSPS) is 26.2. The van der Waals surface area contributed by atoms with Crippen LogP contribution >= 0.6 is 0 Å². The zero-order valence-electron chi connectivity index (χ0n) is 9.50. The highest BCUT2D eigenvalue weighted by Crippen LogP contribution is 2.32. The lowest BCUT2D eigenvalue weighted by molar-refractivity contribution is -0.0935. The summed E-state index contributed by atoms with van der Waals surface area (Å²) in [5.74, 6) is 0. The number of aliphatic hydroxyl groups is 1. The minimum Gasteiger partial charge on any atom is -0.383 e. The first-order chi connectivity index (χ1) is 8.15. The van der Waals surface area contributed by atoms with E-state index in [4.69, 9.17) is 5.26 Å². The van der Waals surface area contributed by atoms with E-state index in [9.17, 15) is 10.3 Å². The molecule has 0 radical (unpaired) electrons. The van der Waals surface area contributed by atoms with E-state index in [1.807, 2.05) is 0 Å². The molecule has 90 valence electrons. The maximum atomic E-state index is 10.6. The fourth-order valence-electron chi connectivity index (χ4n) is 2.21. The predicted octanol–water partition coefficient (Wildman–Crippen LogP) is 1.02. The lowest BCUT2D eigenvalue weighted by Crippen LogP contribution is -2.30. The minimum atomic E-state index is -1.11. The number of hydrogen-bond donors (Lipinski definition) is 2. The Morgan fingerprint density at radius 1 is 1.41 bits per heavy atom. The van der Waals surface area contributed by atoms with Gasteiger partial charge in [0.05, 0.1) is 11.3 Å². The first-order valence-electron chi connectivity index (χ1n) is 5.67. The lowest BCUT2D eigenvalue weighted by atomic mass is 9.88. The van der Waals surface area contributed by atoms with Gasteiger partial charge >= 0.3 is 0 Å². The first kappa shape index (κ1) is 12.0. The van der Waals surface area contributed by atoms with Crippen LogP contribution in [-0.2, 0) is 5.60 Å². The number of pyridine rings is 1. The number of hydrogen-bond acceptors (Lipinski definition) is 5. The number of aromatic nitrogens is 1. The number of rotatable bonds is 1. The Hall–Kier alpha value is -1.48. The molecule has 5 nitrogen and oxygen atoms in total. The highest BCUT2D eigenvalue weighted by Gasteiger charge is 2.34. The third-order valence-electron chi connectivity index (χ3n) is 3.16. The zero-order chi connectivity index (χ0) is 12.3. The summed E-state index contributed by atoms with van der Waals surface area (Å²) in [6.45, 7) is 0.926. The molecule has 1 fully saturated rings. The molecule has 2 N–H and O–H groups in total. The van der Waals surface area contributed by atoms with Crippen LogP contribution < -0.4 is 0 Å². The lowest BCUT2D eigenvalue weighted by Gasteiger charge is -2.26. The Kier molecular flexibility index (Phi) is 3.38. The van der Waals surface area contributed by atoms with Crippen LogP contribution in [0.4, 0.5) is 0 Å². The predicted molar refractivity (Wildman–Crippen MR) is 60.1 cm³/mol. The van der Waals surface area contributed by atoms with Crippen molar-refractivity contribution in [2.75, 3.05) is 13.1 Å². The Morgan fingerprint density at radius 3 is 3.00 bits per heavy atom. The van der Waals surface area contributed by atoms with Gasteiger partial charge in [-0.3, -0.25) is 4.98 Å². The van der Waals surface area contributed by atoms with Crippen LogP contribution in [0.2, 0.25) is 0 Å². The van der Waals surface area contributed by atoms with Gasteiger partial charge in [-0.05, 0) is 31.4 Å². The van der Waals surface area contributed by atoms with E-state index in [0.29, 0.717) is 43.6 Å². The van der Waals surface area contributed by atoms with Crippen LogP contribution in [0.25, 0.3) is 0 Å². The monoisotopic (exact) mass is 233 g/mol. The third-order valence-corrected chi connectivity index (χ3v) is 3.16. The van der Waals surface area contributed by atoms with E-state index >= 15 is 0 Å². The van der Waals surface area contributed by atoms with Crippen molar-refractivity contribution in [3.8, 4) is 6.07 Å². The second-order valence-electron chi connectivity index (χ2n) is 4.35. The Balaban J connectivity index is 2.34. The molecule has 17 heavy (non-hydrogen) atoms. The summed E-state index contributed by atoms with van der Waals surface area (Å²) in [6, 6.07) is 5.39. The van der Waals surface area contributed by atoms with Crippen LogP contribution in [0.15, 0.2) is 18.3 Å². The molecule has 1 aliphatic rings. The molecular formula is C12H15N3O2. The molecule has 1 aromatic heterocycles. The van der Waals surface area contributed by atoms with Gasteiger partial charge in [-0.15, -0.1) is 0 Å². The van der Waals surface area contributed by atoms with Crippen LogP contribution in [-0.4, -0.2) is 33.5 Å². The molecule has 0 saturated carbocycles. The van der Waals surface area contributed by atoms with Crippen LogP contribution in [0.1, 0.15) is 30.5 Å². The molecule has 1 unspecified atom stereocenters. The van der Waals surface area contributed by atoms with Gasteiger partial charge in [0.1, 0.15) is 11.7 Å². The van der Waals surface area contributed by atoms with Crippen molar-refractivity contribution < 1.29 is 10.3 Å². The van der Waals surface area contributed by atoms with E-state index in [1.54, 1.807) is 18.3 Å². The van der Waals surface area contributed by atoms with Gasteiger partial charge < -0.3 is 10.3 Å². The first-order valence-corrected chi connectivity index (χ1v) is 5.67. The number of hydroxylamine groups is 2. The molecule has 1 aromatic rings. The van der Waals surface area contributed by atoms with Gasteiger partial charge in [-0.1, -0.05) is 0 Å². The molecule has 0 spiro atoms. The van der Waals surface area contributed by atoms with Crippen molar-refractivity contribution >= 4 is 0 Å². The van der Waals surface area contributed by atoms with E-state index in [1.165, 1.54) is 5.06 Å². The van der Waals surface area contributed by atoms with Gasteiger partial charge in [0.15, 0.2) is 0 Å². The molecule has 1 aliphatic heterocycles.